The Hall–Kier alpha value is -3.56. The highest BCUT2D eigenvalue weighted by molar-refractivity contribution is 6.03. The topological polar surface area (TPSA) is 117 Å². The van der Waals surface area contributed by atoms with Gasteiger partial charge in [0.25, 0.3) is 5.91 Å². The normalized spacial score (nSPS) is 10.8. The largest absolute Gasteiger partial charge is 0.507 e. The number of pyridine rings is 1. The van der Waals surface area contributed by atoms with Gasteiger partial charge in [0.1, 0.15) is 24.2 Å². The van der Waals surface area contributed by atoms with E-state index in [1.807, 2.05) is 0 Å². The summed E-state index contributed by atoms with van der Waals surface area (Å²) in [6, 6.07) is 4.23. The molecular weight excluding hydrogens is 338 g/mol. The van der Waals surface area contributed by atoms with Crippen LogP contribution in [0.25, 0.3) is 16.9 Å². The van der Waals surface area contributed by atoms with Crippen molar-refractivity contribution in [3.8, 4) is 17.0 Å². The number of aromatic nitrogens is 3. The quantitative estimate of drug-likeness (QED) is 0.652. The highest BCUT2D eigenvalue weighted by Gasteiger charge is 2.21. The van der Waals surface area contributed by atoms with Crippen LogP contribution in [0.3, 0.4) is 0 Å². The first-order chi connectivity index (χ1) is 11.9. The molecule has 2 heterocycles. The molecule has 3 aromatic rings. The van der Waals surface area contributed by atoms with E-state index in [0.717, 1.165) is 29.0 Å². The number of aliphatic carboxylic acids is 1. The monoisotopic (exact) mass is 348 g/mol. The van der Waals surface area contributed by atoms with Crippen LogP contribution in [0.4, 0.5) is 8.78 Å². The van der Waals surface area contributed by atoms with Crippen LogP contribution < -0.4 is 5.32 Å². The summed E-state index contributed by atoms with van der Waals surface area (Å²) < 4.78 is 27.7. The first-order valence-electron chi connectivity index (χ1n) is 6.89. The van der Waals surface area contributed by atoms with E-state index in [1.54, 1.807) is 0 Å². The lowest BCUT2D eigenvalue weighted by Crippen LogP contribution is -2.29. The summed E-state index contributed by atoms with van der Waals surface area (Å²) in [6.07, 6.45) is 1.10. The van der Waals surface area contributed by atoms with Crippen molar-refractivity contribution in [2.45, 2.75) is 0 Å². The number of carboxylic acid groups (broad SMARTS) is 1. The lowest BCUT2D eigenvalue weighted by atomic mass is 10.1. The maximum Gasteiger partial charge on any atom is 0.322 e. The summed E-state index contributed by atoms with van der Waals surface area (Å²) >= 11 is 0. The Morgan fingerprint density at radius 1 is 1.20 bits per heavy atom. The van der Waals surface area contributed by atoms with Crippen LogP contribution >= 0.6 is 0 Å². The van der Waals surface area contributed by atoms with Gasteiger partial charge in [0, 0.05) is 11.6 Å². The second-order valence-corrected chi connectivity index (χ2v) is 4.99. The minimum absolute atomic E-state index is 0.0670. The van der Waals surface area contributed by atoms with Gasteiger partial charge in [-0.15, -0.1) is 0 Å². The number of amides is 1. The van der Waals surface area contributed by atoms with Gasteiger partial charge in [0.05, 0.1) is 5.69 Å². The first kappa shape index (κ1) is 16.3. The Balaban J connectivity index is 2.14. The van der Waals surface area contributed by atoms with Crippen LogP contribution in [0.5, 0.6) is 5.75 Å². The molecule has 128 valence electrons. The van der Waals surface area contributed by atoms with Gasteiger partial charge < -0.3 is 15.5 Å². The maximum absolute atomic E-state index is 13.5. The van der Waals surface area contributed by atoms with Gasteiger partial charge in [0.15, 0.2) is 17.3 Å². The van der Waals surface area contributed by atoms with Crippen LogP contribution in [0.1, 0.15) is 10.4 Å². The second kappa shape index (κ2) is 6.15. The average Bonchev–Trinajstić information content (AvgIpc) is 3.03. The van der Waals surface area contributed by atoms with Crippen molar-refractivity contribution in [1.29, 1.82) is 0 Å². The van der Waals surface area contributed by atoms with E-state index < -0.39 is 35.8 Å². The highest BCUT2D eigenvalue weighted by Crippen LogP contribution is 2.29. The SMILES string of the molecule is O=C(O)CNC(=O)c1c(O)cc(-c2ccc(F)c(F)c2)n2ncnc12. The molecule has 0 bridgehead atoms. The zero-order chi connectivity index (χ0) is 18.1. The number of carbonyl (C=O) groups is 2. The summed E-state index contributed by atoms with van der Waals surface area (Å²) in [5.74, 6) is -4.76. The van der Waals surface area contributed by atoms with Crippen LogP contribution in [-0.2, 0) is 4.79 Å². The molecule has 3 N–H and O–H groups in total. The van der Waals surface area contributed by atoms with E-state index in [2.05, 4.69) is 15.4 Å². The van der Waals surface area contributed by atoms with Gasteiger partial charge in [0.2, 0.25) is 0 Å². The van der Waals surface area contributed by atoms with Crippen LogP contribution in [0.2, 0.25) is 0 Å². The van der Waals surface area contributed by atoms with Crippen molar-refractivity contribution >= 4 is 17.5 Å². The molecule has 0 unspecified atom stereocenters. The number of benzene rings is 1. The number of carbonyl (C=O) groups excluding carboxylic acids is 1. The average molecular weight is 348 g/mol. The van der Waals surface area contributed by atoms with Crippen molar-refractivity contribution in [3.63, 3.8) is 0 Å². The zero-order valence-corrected chi connectivity index (χ0v) is 12.4. The van der Waals surface area contributed by atoms with Crippen molar-refractivity contribution in [1.82, 2.24) is 19.9 Å². The fourth-order valence-electron chi connectivity index (χ4n) is 2.29. The molecule has 25 heavy (non-hydrogen) atoms. The third-order valence-electron chi connectivity index (χ3n) is 3.37. The third kappa shape index (κ3) is 2.96. The first-order valence-corrected chi connectivity index (χ1v) is 6.89. The molecule has 0 spiro atoms. The molecular formula is C15H10F2N4O4. The number of nitrogens with zero attached hydrogens (tertiary/aromatic N) is 3. The fourth-order valence-corrected chi connectivity index (χ4v) is 2.29. The van der Waals surface area contributed by atoms with Crippen molar-refractivity contribution in [2.75, 3.05) is 6.54 Å². The Morgan fingerprint density at radius 3 is 2.64 bits per heavy atom. The van der Waals surface area contributed by atoms with Gasteiger partial charge in [-0.3, -0.25) is 9.59 Å². The minimum atomic E-state index is -1.26. The molecule has 2 aromatic heterocycles. The molecule has 0 aliphatic rings. The molecule has 0 saturated heterocycles. The molecule has 0 aliphatic carbocycles. The molecule has 10 heteroatoms. The number of rotatable bonds is 4. The molecule has 0 saturated carbocycles. The summed E-state index contributed by atoms with van der Waals surface area (Å²) in [5.41, 5.74) is 0.00795. The molecule has 3 rings (SSSR count). The second-order valence-electron chi connectivity index (χ2n) is 4.99. The fraction of sp³-hybridized carbons (Fsp3) is 0.0667. The summed E-state index contributed by atoms with van der Waals surface area (Å²) in [7, 11) is 0. The molecule has 8 nitrogen and oxygen atoms in total. The zero-order valence-electron chi connectivity index (χ0n) is 12.4. The molecule has 0 fully saturated rings. The van der Waals surface area contributed by atoms with Crippen LogP contribution in [0, 0.1) is 11.6 Å². The highest BCUT2D eigenvalue weighted by atomic mass is 19.2. The number of aromatic hydroxyl groups is 1. The molecule has 0 aliphatic heterocycles. The van der Waals surface area contributed by atoms with Crippen molar-refractivity contribution in [3.05, 3.63) is 47.8 Å². The molecule has 1 aromatic carbocycles. The van der Waals surface area contributed by atoms with E-state index in [0.29, 0.717) is 0 Å². The van der Waals surface area contributed by atoms with E-state index in [4.69, 9.17) is 5.11 Å². The van der Waals surface area contributed by atoms with E-state index >= 15 is 0 Å². The number of halogens is 2. The maximum atomic E-state index is 13.5. The summed E-state index contributed by atoms with van der Waals surface area (Å²) in [5, 5.41) is 24.8. The summed E-state index contributed by atoms with van der Waals surface area (Å²) in [4.78, 5) is 26.5. The van der Waals surface area contributed by atoms with Gasteiger partial charge in [-0.1, -0.05) is 0 Å². The molecule has 1 amide bonds. The standard InChI is InChI=1S/C15H10F2N4O4/c16-8-2-1-7(3-9(8)17)10-4-11(22)13(14-19-6-20-21(10)14)15(25)18-5-12(23)24/h1-4,6,22H,5H2,(H,18,25)(H,23,24). The van der Waals surface area contributed by atoms with Crippen molar-refractivity contribution in [2.24, 2.45) is 0 Å². The van der Waals surface area contributed by atoms with Gasteiger partial charge in [-0.25, -0.2) is 18.3 Å². The summed E-state index contributed by atoms with van der Waals surface area (Å²) in [6.45, 7) is -0.649. The number of hydrogen-bond acceptors (Lipinski definition) is 5. The van der Waals surface area contributed by atoms with Gasteiger partial charge in [-0.2, -0.15) is 5.10 Å². The Morgan fingerprint density at radius 2 is 1.96 bits per heavy atom. The van der Waals surface area contributed by atoms with E-state index in [-0.39, 0.29) is 22.5 Å². The van der Waals surface area contributed by atoms with Crippen LogP contribution in [0.15, 0.2) is 30.6 Å². The van der Waals surface area contributed by atoms with E-state index in [1.165, 1.54) is 6.07 Å². The number of fused-ring (bicyclic) bond motifs is 1. The predicted octanol–water partition coefficient (Wildman–Crippen LogP) is 1.19. The van der Waals surface area contributed by atoms with Gasteiger partial charge in [-0.05, 0) is 18.2 Å². The lowest BCUT2D eigenvalue weighted by Gasteiger charge is -2.11. The predicted molar refractivity (Wildman–Crippen MR) is 80.0 cm³/mol. The Labute approximate surface area is 138 Å². The van der Waals surface area contributed by atoms with E-state index in [9.17, 15) is 23.5 Å². The smallest absolute Gasteiger partial charge is 0.322 e. The minimum Gasteiger partial charge on any atom is -0.507 e. The number of carboxylic acids is 1. The number of hydrogen-bond donors (Lipinski definition) is 3. The lowest BCUT2D eigenvalue weighted by molar-refractivity contribution is -0.135. The number of nitrogens with one attached hydrogen (secondary N) is 1. The van der Waals surface area contributed by atoms with Crippen LogP contribution in [-0.4, -0.2) is 43.2 Å². The Bertz CT molecular complexity index is 1000. The molecule has 0 atom stereocenters. The molecule has 0 radical (unpaired) electrons. The Kier molecular flexibility index (Phi) is 4.01. The third-order valence-corrected chi connectivity index (χ3v) is 3.37. The van der Waals surface area contributed by atoms with Gasteiger partial charge >= 0.3 is 5.97 Å². The van der Waals surface area contributed by atoms with Crippen molar-refractivity contribution < 1.29 is 28.6 Å².